The monoisotopic (exact) mass is 1040 g/mol. The summed E-state index contributed by atoms with van der Waals surface area (Å²) in [5.74, 6) is 0.333. The Hall–Kier alpha value is -3.54. The van der Waals surface area contributed by atoms with Crippen molar-refractivity contribution in [2.75, 3.05) is 24.6 Å². The summed E-state index contributed by atoms with van der Waals surface area (Å²) in [6.45, 7) is 2.03. The third kappa shape index (κ3) is 11.1. The molecule has 0 saturated heterocycles. The second-order valence-electron chi connectivity index (χ2n) is 12.7. The van der Waals surface area contributed by atoms with Crippen molar-refractivity contribution in [2.45, 2.75) is 25.9 Å². The van der Waals surface area contributed by atoms with E-state index in [1.807, 2.05) is 73.1 Å². The van der Waals surface area contributed by atoms with E-state index in [9.17, 15) is 20.0 Å². The van der Waals surface area contributed by atoms with Crippen LogP contribution in [0.3, 0.4) is 0 Å². The maximum Gasteiger partial charge on any atom is 0.269 e. The lowest BCUT2D eigenvalue weighted by molar-refractivity contribution is -0.115. The second kappa shape index (κ2) is 20.2. The molecule has 6 aromatic rings. The Labute approximate surface area is 365 Å². The molecule has 0 aliphatic heterocycles. The molecule has 0 saturated carbocycles. The van der Waals surface area contributed by atoms with E-state index < -0.39 is 11.8 Å². The number of fused-ring (bicyclic) bond motifs is 2. The summed E-state index contributed by atoms with van der Waals surface area (Å²) in [4.78, 5) is 26.0. The number of halogens is 4. The van der Waals surface area contributed by atoms with Gasteiger partial charge in [-0.3, -0.25) is 9.59 Å². The van der Waals surface area contributed by atoms with E-state index in [-0.39, 0.29) is 24.3 Å². The quantitative estimate of drug-likeness (QED) is 0.0237. The van der Waals surface area contributed by atoms with E-state index in [1.165, 1.54) is 0 Å². The summed E-state index contributed by atoms with van der Waals surface area (Å²) >= 11 is 14.1. The molecule has 0 atom stereocenters. The fourth-order valence-electron chi connectivity index (χ4n) is 6.22. The van der Waals surface area contributed by atoms with Crippen LogP contribution in [-0.2, 0) is 35.5 Å². The van der Waals surface area contributed by atoms with Gasteiger partial charge < -0.3 is 30.2 Å². The van der Waals surface area contributed by atoms with Gasteiger partial charge in [0.2, 0.25) is 0 Å². The molecule has 6 rings (SSSR count). The summed E-state index contributed by atoms with van der Waals surface area (Å²) in [7, 11) is 3.10. The molecule has 0 spiro atoms. The molecule has 56 heavy (non-hydrogen) atoms. The van der Waals surface area contributed by atoms with Crippen molar-refractivity contribution < 1.29 is 20.0 Å². The molecule has 0 bridgehead atoms. The van der Waals surface area contributed by atoms with Crippen molar-refractivity contribution in [3.8, 4) is 0 Å². The molecule has 0 radical (unpaired) electrons. The minimum absolute atomic E-state index is 0.0242. The minimum Gasteiger partial charge on any atom is -0.410 e. The molecular formula is C40H36Br4N6O4S2. The lowest BCUT2D eigenvalue weighted by Crippen LogP contribution is -2.34. The summed E-state index contributed by atoms with van der Waals surface area (Å²) in [6.07, 6.45) is 4.33. The molecule has 0 aliphatic carbocycles. The highest BCUT2D eigenvalue weighted by Crippen LogP contribution is 2.29. The third-order valence-electron chi connectivity index (χ3n) is 8.89. The first-order valence-corrected chi connectivity index (χ1v) is 23.0. The van der Waals surface area contributed by atoms with E-state index >= 15 is 0 Å². The summed E-state index contributed by atoms with van der Waals surface area (Å²) in [6, 6.07) is 28.3. The third-order valence-corrected chi connectivity index (χ3v) is 13.3. The van der Waals surface area contributed by atoms with Crippen LogP contribution in [0.2, 0.25) is 0 Å². The largest absolute Gasteiger partial charge is 0.410 e. The van der Waals surface area contributed by atoms with Gasteiger partial charge in [-0.2, -0.15) is 0 Å². The lowest BCUT2D eigenvalue weighted by Gasteiger charge is -2.08. The fraction of sp³-hybridized carbons (Fsp3) is 0.200. The SMILES string of the molecule is O=C(NCCSSCCNC(=O)/C(Cc1cn(Cc2ccc(Br)cc2)c2ccc(Br)cc12)=N/O)/C(Cc1cn(Cc2ccc(Br)cc2)c2ccc(Br)cc12)=N/O. The second-order valence-corrected chi connectivity index (χ2v) is 19.1. The van der Waals surface area contributed by atoms with Gasteiger partial charge in [-0.1, -0.05) is 120 Å². The van der Waals surface area contributed by atoms with Crippen LogP contribution in [0.1, 0.15) is 22.3 Å². The van der Waals surface area contributed by atoms with Gasteiger partial charge in [0.15, 0.2) is 0 Å². The Morgan fingerprint density at radius 3 is 1.32 bits per heavy atom. The number of hydrogen-bond donors (Lipinski definition) is 4. The van der Waals surface area contributed by atoms with Crippen LogP contribution < -0.4 is 10.6 Å². The van der Waals surface area contributed by atoms with Crippen LogP contribution in [0, 0.1) is 0 Å². The topological polar surface area (TPSA) is 133 Å². The summed E-state index contributed by atoms with van der Waals surface area (Å²) in [5.41, 5.74) is 6.09. The highest BCUT2D eigenvalue weighted by Gasteiger charge is 2.19. The standard InChI is InChI=1S/C40H36Br4N6O4S2/c41-29-5-1-25(2-6-29)21-49-23-27(33-19-31(43)9-11-37(33)49)17-35(47-53)39(51)45-13-15-55-56-16-14-46-40(52)36(48-54)18-28-24-50(22-26-3-7-30(42)8-4-26)38-12-10-32(44)20-34(28)38/h1-12,19-20,23-24,53-54H,13-18,21-22H2,(H,45,51)(H,46,52)/b47-35+,48-36+. The Morgan fingerprint density at radius 2 is 0.946 bits per heavy atom. The van der Waals surface area contributed by atoms with Gasteiger partial charge in [-0.25, -0.2) is 0 Å². The predicted octanol–water partition coefficient (Wildman–Crippen LogP) is 9.80. The Balaban J connectivity index is 0.942. The number of carbonyl (C=O) groups is 2. The maximum absolute atomic E-state index is 13.0. The lowest BCUT2D eigenvalue weighted by atomic mass is 10.1. The van der Waals surface area contributed by atoms with Crippen LogP contribution in [-0.4, -0.2) is 67.4 Å². The van der Waals surface area contributed by atoms with Crippen LogP contribution in [0.15, 0.2) is 126 Å². The van der Waals surface area contributed by atoms with Gasteiger partial charge in [0.1, 0.15) is 11.4 Å². The van der Waals surface area contributed by atoms with Crippen LogP contribution >= 0.6 is 85.3 Å². The van der Waals surface area contributed by atoms with Gasteiger partial charge in [-0.05, 0) is 82.9 Å². The smallest absolute Gasteiger partial charge is 0.269 e. The van der Waals surface area contributed by atoms with Crippen molar-refractivity contribution in [1.82, 2.24) is 19.8 Å². The first kappa shape index (κ1) is 42.1. The normalized spacial score (nSPS) is 12.1. The minimum atomic E-state index is -0.436. The Kier molecular flexibility index (Phi) is 15.2. The molecule has 290 valence electrons. The molecule has 0 aliphatic rings. The maximum atomic E-state index is 13.0. The molecule has 10 nitrogen and oxygen atoms in total. The van der Waals surface area contributed by atoms with Crippen LogP contribution in [0.4, 0.5) is 0 Å². The summed E-state index contributed by atoms with van der Waals surface area (Å²) in [5, 5.41) is 33.9. The predicted molar refractivity (Wildman–Crippen MR) is 243 cm³/mol. The molecule has 4 N–H and O–H groups in total. The number of amides is 2. The van der Waals surface area contributed by atoms with Crippen molar-refractivity contribution in [3.05, 3.63) is 137 Å². The van der Waals surface area contributed by atoms with Crippen molar-refractivity contribution in [2.24, 2.45) is 10.3 Å². The van der Waals surface area contributed by atoms with Gasteiger partial charge in [0.25, 0.3) is 11.8 Å². The van der Waals surface area contributed by atoms with Gasteiger partial charge in [0, 0.05) is 103 Å². The molecule has 2 aromatic heterocycles. The molecule has 0 fully saturated rings. The number of rotatable bonds is 17. The first-order chi connectivity index (χ1) is 27.1. The zero-order valence-electron chi connectivity index (χ0n) is 29.7. The number of oxime groups is 2. The number of hydrogen-bond acceptors (Lipinski definition) is 8. The molecule has 16 heteroatoms. The number of benzene rings is 4. The van der Waals surface area contributed by atoms with Crippen molar-refractivity contribution >= 4 is 130 Å². The van der Waals surface area contributed by atoms with Gasteiger partial charge in [0.05, 0.1) is 0 Å². The van der Waals surface area contributed by atoms with E-state index in [0.717, 1.165) is 62.0 Å². The number of nitrogens with one attached hydrogen (secondary N) is 2. The highest BCUT2D eigenvalue weighted by atomic mass is 79.9. The van der Waals surface area contributed by atoms with Crippen LogP contribution in [0.5, 0.6) is 0 Å². The highest BCUT2D eigenvalue weighted by molar-refractivity contribution is 9.11. The number of nitrogens with zero attached hydrogens (tertiary/aromatic N) is 4. The van der Waals surface area contributed by atoms with Crippen molar-refractivity contribution in [1.29, 1.82) is 0 Å². The van der Waals surface area contributed by atoms with E-state index in [2.05, 4.69) is 118 Å². The molecule has 4 aromatic carbocycles. The molecular weight excluding hydrogens is 1010 g/mol. The zero-order valence-corrected chi connectivity index (χ0v) is 37.7. The Morgan fingerprint density at radius 1 is 0.571 bits per heavy atom. The molecule has 2 heterocycles. The zero-order chi connectivity index (χ0) is 39.6. The Bertz CT molecular complexity index is 2230. The fourth-order valence-corrected chi connectivity index (χ4v) is 9.28. The van der Waals surface area contributed by atoms with E-state index in [1.54, 1.807) is 21.6 Å². The van der Waals surface area contributed by atoms with Gasteiger partial charge in [-0.15, -0.1) is 0 Å². The number of aromatic nitrogens is 2. The average molecular weight is 1050 g/mol. The summed E-state index contributed by atoms with van der Waals surface area (Å²) < 4.78 is 8.11. The molecule has 2 amide bonds. The van der Waals surface area contributed by atoms with Crippen molar-refractivity contribution in [3.63, 3.8) is 0 Å². The van der Waals surface area contributed by atoms with Crippen LogP contribution in [0.25, 0.3) is 21.8 Å². The number of carbonyl (C=O) groups excluding carboxylic acids is 2. The average Bonchev–Trinajstić information content (AvgIpc) is 3.70. The molecule has 0 unspecified atom stereocenters. The van der Waals surface area contributed by atoms with E-state index in [0.29, 0.717) is 37.7 Å². The van der Waals surface area contributed by atoms with Gasteiger partial charge >= 0.3 is 0 Å². The van der Waals surface area contributed by atoms with E-state index in [4.69, 9.17) is 0 Å². The first-order valence-electron chi connectivity index (χ1n) is 17.4.